The van der Waals surface area contributed by atoms with Crippen LogP contribution < -0.4 is 15.8 Å². The molecule has 9 heteroatoms. The first kappa shape index (κ1) is 17.3. The lowest BCUT2D eigenvalue weighted by molar-refractivity contribution is 0.217. The summed E-state index contributed by atoms with van der Waals surface area (Å²) < 4.78 is 40.0. The summed E-state index contributed by atoms with van der Waals surface area (Å²) in [6.07, 6.45) is 0. The van der Waals surface area contributed by atoms with Crippen LogP contribution in [0.25, 0.3) is 0 Å². The maximum absolute atomic E-state index is 13.5. The molecule has 2 amide bonds. The molecule has 0 aliphatic rings. The second-order valence-electron chi connectivity index (χ2n) is 4.44. The molecule has 118 valence electrons. The van der Waals surface area contributed by atoms with Crippen LogP contribution >= 0.6 is 0 Å². The van der Waals surface area contributed by atoms with Crippen LogP contribution in [-0.2, 0) is 16.6 Å². The predicted molar refractivity (Wildman–Crippen MR) is 76.6 cm³/mol. The molecule has 0 unspecified atom stereocenters. The molecule has 0 fully saturated rings. The number of carbonyl (C=O) groups is 1. The average molecular weight is 318 g/mol. The summed E-state index contributed by atoms with van der Waals surface area (Å²) in [4.78, 5) is 12.4. The Bertz CT molecular complexity index is 605. The van der Waals surface area contributed by atoms with Gasteiger partial charge in [0.05, 0.1) is 4.90 Å². The Morgan fingerprint density at radius 1 is 1.33 bits per heavy atom. The van der Waals surface area contributed by atoms with Gasteiger partial charge in [-0.3, -0.25) is 0 Å². The first-order chi connectivity index (χ1) is 9.79. The number of amides is 2. The maximum atomic E-state index is 13.5. The van der Waals surface area contributed by atoms with E-state index in [1.54, 1.807) is 14.1 Å². The molecule has 0 heterocycles. The molecule has 0 radical (unpaired) electrons. The van der Waals surface area contributed by atoms with E-state index < -0.39 is 15.8 Å². The van der Waals surface area contributed by atoms with Gasteiger partial charge in [0.2, 0.25) is 10.0 Å². The molecule has 0 bridgehead atoms. The molecule has 0 saturated carbocycles. The zero-order valence-electron chi connectivity index (χ0n) is 11.9. The number of carbonyl (C=O) groups excluding carboxylic acids is 1. The summed E-state index contributed by atoms with van der Waals surface area (Å²) in [5.74, 6) is -0.665. The van der Waals surface area contributed by atoms with Crippen molar-refractivity contribution in [3.05, 3.63) is 29.6 Å². The van der Waals surface area contributed by atoms with Crippen LogP contribution in [0.4, 0.5) is 9.18 Å². The van der Waals surface area contributed by atoms with Gasteiger partial charge in [-0.05, 0) is 12.1 Å². The number of nitrogens with two attached hydrogens (primary N) is 1. The summed E-state index contributed by atoms with van der Waals surface area (Å²) in [6, 6.07) is 3.41. The molecule has 0 spiro atoms. The molecule has 0 aromatic heterocycles. The summed E-state index contributed by atoms with van der Waals surface area (Å²) >= 11 is 0. The van der Waals surface area contributed by atoms with Gasteiger partial charge in [0.1, 0.15) is 5.82 Å². The molecule has 0 aliphatic heterocycles. The molecule has 1 aromatic rings. The maximum Gasteiger partial charge on any atom is 0.316 e. The first-order valence-electron chi connectivity index (χ1n) is 6.22. The van der Waals surface area contributed by atoms with Gasteiger partial charge < -0.3 is 16.0 Å². The van der Waals surface area contributed by atoms with Gasteiger partial charge in [0.25, 0.3) is 0 Å². The van der Waals surface area contributed by atoms with Crippen molar-refractivity contribution in [1.82, 2.24) is 14.9 Å². The van der Waals surface area contributed by atoms with E-state index >= 15 is 0 Å². The number of benzene rings is 1. The molecule has 21 heavy (non-hydrogen) atoms. The average Bonchev–Trinajstić information content (AvgIpc) is 2.42. The van der Waals surface area contributed by atoms with Gasteiger partial charge in [-0.25, -0.2) is 22.3 Å². The number of urea groups is 1. The van der Waals surface area contributed by atoms with E-state index in [0.29, 0.717) is 0 Å². The lowest BCUT2D eigenvalue weighted by atomic mass is 10.2. The number of halogens is 1. The SMILES string of the molecule is CN(C)C(=O)NCCNS(=O)(=O)c1cccc(F)c1CN. The highest BCUT2D eigenvalue weighted by molar-refractivity contribution is 7.89. The van der Waals surface area contributed by atoms with Crippen molar-refractivity contribution >= 4 is 16.1 Å². The normalized spacial score (nSPS) is 11.2. The van der Waals surface area contributed by atoms with Gasteiger partial charge in [-0.15, -0.1) is 0 Å². The van der Waals surface area contributed by atoms with E-state index in [0.717, 1.165) is 6.07 Å². The Morgan fingerprint density at radius 2 is 2.00 bits per heavy atom. The third-order valence-corrected chi connectivity index (χ3v) is 4.21. The van der Waals surface area contributed by atoms with Crippen molar-refractivity contribution in [1.29, 1.82) is 0 Å². The molecule has 0 aliphatic carbocycles. The molecule has 1 aromatic carbocycles. The van der Waals surface area contributed by atoms with E-state index in [-0.39, 0.29) is 36.1 Å². The summed E-state index contributed by atoms with van der Waals surface area (Å²) in [5, 5.41) is 2.51. The molecule has 0 saturated heterocycles. The van der Waals surface area contributed by atoms with Crippen molar-refractivity contribution in [2.24, 2.45) is 5.73 Å². The molecule has 0 atom stereocenters. The van der Waals surface area contributed by atoms with Gasteiger partial charge in [0.15, 0.2) is 0 Å². The number of hydrogen-bond donors (Lipinski definition) is 3. The van der Waals surface area contributed by atoms with Gasteiger partial charge in [-0.1, -0.05) is 6.07 Å². The Kier molecular flexibility index (Phi) is 6.06. The van der Waals surface area contributed by atoms with Crippen LogP contribution in [-0.4, -0.2) is 46.5 Å². The standard InChI is InChI=1S/C12H19FN4O3S/c1-17(2)12(18)15-6-7-16-21(19,20)11-5-3-4-10(13)9(11)8-14/h3-5,16H,6-8,14H2,1-2H3,(H,15,18). The zero-order valence-corrected chi connectivity index (χ0v) is 12.7. The quantitative estimate of drug-likeness (QED) is 0.634. The fraction of sp³-hybridized carbons (Fsp3) is 0.417. The Labute approximate surface area is 123 Å². The van der Waals surface area contributed by atoms with Crippen LogP contribution in [0.15, 0.2) is 23.1 Å². The van der Waals surface area contributed by atoms with E-state index in [2.05, 4.69) is 10.0 Å². The van der Waals surface area contributed by atoms with E-state index in [4.69, 9.17) is 5.73 Å². The highest BCUT2D eigenvalue weighted by atomic mass is 32.2. The third kappa shape index (κ3) is 4.66. The first-order valence-corrected chi connectivity index (χ1v) is 7.70. The van der Waals surface area contributed by atoms with Crippen LogP contribution in [0, 0.1) is 5.82 Å². The molecule has 1 rings (SSSR count). The van der Waals surface area contributed by atoms with Crippen molar-refractivity contribution < 1.29 is 17.6 Å². The highest BCUT2D eigenvalue weighted by Gasteiger charge is 2.19. The lowest BCUT2D eigenvalue weighted by Crippen LogP contribution is -2.39. The van der Waals surface area contributed by atoms with Crippen LogP contribution in [0.3, 0.4) is 0 Å². The molecule has 7 nitrogen and oxygen atoms in total. The Hall–Kier alpha value is -1.71. The zero-order chi connectivity index (χ0) is 16.0. The summed E-state index contributed by atoms with van der Waals surface area (Å²) in [6.45, 7) is -0.119. The summed E-state index contributed by atoms with van der Waals surface area (Å²) in [7, 11) is -0.740. The second-order valence-corrected chi connectivity index (χ2v) is 6.18. The minimum absolute atomic E-state index is 0.0115. The fourth-order valence-electron chi connectivity index (χ4n) is 1.58. The third-order valence-electron chi connectivity index (χ3n) is 2.67. The smallest absolute Gasteiger partial charge is 0.316 e. The Balaban J connectivity index is 2.71. The summed E-state index contributed by atoms with van der Waals surface area (Å²) in [5.41, 5.74) is 5.31. The van der Waals surface area contributed by atoms with Gasteiger partial charge in [0, 0.05) is 39.3 Å². The molecule has 4 N–H and O–H groups in total. The highest BCUT2D eigenvalue weighted by Crippen LogP contribution is 2.17. The van der Waals surface area contributed by atoms with Crippen molar-refractivity contribution in [3.8, 4) is 0 Å². The van der Waals surface area contributed by atoms with Crippen LogP contribution in [0.2, 0.25) is 0 Å². The van der Waals surface area contributed by atoms with Crippen LogP contribution in [0.1, 0.15) is 5.56 Å². The number of rotatable bonds is 6. The second kappa shape index (κ2) is 7.34. The van der Waals surface area contributed by atoms with Gasteiger partial charge in [-0.2, -0.15) is 0 Å². The van der Waals surface area contributed by atoms with E-state index in [1.807, 2.05) is 0 Å². The van der Waals surface area contributed by atoms with Crippen LogP contribution in [0.5, 0.6) is 0 Å². The number of nitrogens with zero attached hydrogens (tertiary/aromatic N) is 1. The van der Waals surface area contributed by atoms with Crippen molar-refractivity contribution in [3.63, 3.8) is 0 Å². The number of nitrogens with one attached hydrogen (secondary N) is 2. The van der Waals surface area contributed by atoms with E-state index in [9.17, 15) is 17.6 Å². The van der Waals surface area contributed by atoms with Gasteiger partial charge >= 0.3 is 6.03 Å². The fourth-order valence-corrected chi connectivity index (χ4v) is 2.87. The van der Waals surface area contributed by atoms with Crippen molar-refractivity contribution in [2.45, 2.75) is 11.4 Å². The van der Waals surface area contributed by atoms with E-state index in [1.165, 1.54) is 17.0 Å². The predicted octanol–water partition coefficient (Wildman–Crippen LogP) is -0.166. The minimum atomic E-state index is -3.88. The minimum Gasteiger partial charge on any atom is -0.337 e. The van der Waals surface area contributed by atoms with Crippen molar-refractivity contribution in [2.75, 3.05) is 27.2 Å². The topological polar surface area (TPSA) is 105 Å². The molecular formula is C12H19FN4O3S. The lowest BCUT2D eigenvalue weighted by Gasteiger charge is -2.13. The largest absolute Gasteiger partial charge is 0.337 e. The number of sulfonamides is 1. The monoisotopic (exact) mass is 318 g/mol. The number of hydrogen-bond acceptors (Lipinski definition) is 4. The Morgan fingerprint density at radius 3 is 2.57 bits per heavy atom. The molecular weight excluding hydrogens is 299 g/mol.